The van der Waals surface area contributed by atoms with Crippen molar-refractivity contribution in [2.45, 2.75) is 19.5 Å². The number of hydrogen-bond acceptors (Lipinski definition) is 6. The summed E-state index contributed by atoms with van der Waals surface area (Å²) in [7, 11) is 3.10. The van der Waals surface area contributed by atoms with Gasteiger partial charge in [0, 0.05) is 24.4 Å². The fraction of sp³-hybridized carbons (Fsp3) is 0.278. The average Bonchev–Trinajstić information content (AvgIpc) is 2.65. The molecule has 8 heteroatoms. The van der Waals surface area contributed by atoms with Crippen molar-refractivity contribution in [3.8, 4) is 11.5 Å². The molecule has 0 radical (unpaired) electrons. The van der Waals surface area contributed by atoms with Crippen molar-refractivity contribution >= 4 is 17.3 Å². The SMILES string of the molecule is COc1ccc(CNC(=O)[C@H](C)Nc2cccc([N+](=O)[O-])c2)cc1OC. The average molecular weight is 359 g/mol. The highest BCUT2D eigenvalue weighted by Gasteiger charge is 2.14. The minimum Gasteiger partial charge on any atom is -0.493 e. The van der Waals surface area contributed by atoms with Crippen LogP contribution < -0.4 is 20.1 Å². The third kappa shape index (κ3) is 4.85. The fourth-order valence-electron chi connectivity index (χ4n) is 2.36. The van der Waals surface area contributed by atoms with Crippen molar-refractivity contribution in [3.63, 3.8) is 0 Å². The van der Waals surface area contributed by atoms with Crippen LogP contribution in [0.5, 0.6) is 11.5 Å². The van der Waals surface area contributed by atoms with E-state index in [1.807, 2.05) is 6.07 Å². The van der Waals surface area contributed by atoms with E-state index < -0.39 is 11.0 Å². The van der Waals surface area contributed by atoms with Gasteiger partial charge in [-0.25, -0.2) is 0 Å². The first-order valence-electron chi connectivity index (χ1n) is 7.94. The van der Waals surface area contributed by atoms with Crippen molar-refractivity contribution in [1.82, 2.24) is 5.32 Å². The number of carbonyl (C=O) groups is 1. The van der Waals surface area contributed by atoms with Crippen LogP contribution in [0.3, 0.4) is 0 Å². The molecule has 2 aromatic rings. The molecule has 0 aliphatic carbocycles. The summed E-state index contributed by atoms with van der Waals surface area (Å²) in [4.78, 5) is 22.6. The third-order valence-corrected chi connectivity index (χ3v) is 3.75. The number of non-ortho nitro benzene ring substituents is 1. The molecule has 0 saturated heterocycles. The highest BCUT2D eigenvalue weighted by molar-refractivity contribution is 5.84. The Morgan fingerprint density at radius 3 is 2.54 bits per heavy atom. The number of anilines is 1. The zero-order chi connectivity index (χ0) is 19.1. The predicted octanol–water partition coefficient (Wildman–Crippen LogP) is 2.73. The van der Waals surface area contributed by atoms with Crippen LogP contribution in [0.25, 0.3) is 0 Å². The predicted molar refractivity (Wildman–Crippen MR) is 97.6 cm³/mol. The van der Waals surface area contributed by atoms with Gasteiger partial charge < -0.3 is 20.1 Å². The maximum absolute atomic E-state index is 12.3. The summed E-state index contributed by atoms with van der Waals surface area (Å²) < 4.78 is 10.4. The third-order valence-electron chi connectivity index (χ3n) is 3.75. The quantitative estimate of drug-likeness (QED) is 0.555. The highest BCUT2D eigenvalue weighted by atomic mass is 16.6. The van der Waals surface area contributed by atoms with Crippen LogP contribution in [0, 0.1) is 10.1 Å². The number of nitro groups is 1. The number of hydrogen-bond donors (Lipinski definition) is 2. The van der Waals surface area contributed by atoms with Crippen LogP contribution in [-0.2, 0) is 11.3 Å². The molecule has 1 atom stereocenters. The summed E-state index contributed by atoms with van der Waals surface area (Å²) in [6, 6.07) is 10.9. The molecule has 0 unspecified atom stereocenters. The van der Waals surface area contributed by atoms with Crippen molar-refractivity contribution in [2.24, 2.45) is 0 Å². The van der Waals surface area contributed by atoms with Crippen LogP contribution in [-0.4, -0.2) is 31.1 Å². The molecule has 26 heavy (non-hydrogen) atoms. The second-order valence-electron chi connectivity index (χ2n) is 5.58. The second kappa shape index (κ2) is 8.70. The highest BCUT2D eigenvalue weighted by Crippen LogP contribution is 2.27. The first kappa shape index (κ1) is 19.0. The Hall–Kier alpha value is -3.29. The minimum absolute atomic E-state index is 0.0343. The van der Waals surface area contributed by atoms with E-state index in [1.165, 1.54) is 12.1 Å². The zero-order valence-electron chi connectivity index (χ0n) is 14.8. The van der Waals surface area contributed by atoms with E-state index in [4.69, 9.17) is 9.47 Å². The molecule has 0 bridgehead atoms. The molecule has 2 N–H and O–H groups in total. The normalized spacial score (nSPS) is 11.3. The van der Waals surface area contributed by atoms with E-state index in [1.54, 1.807) is 45.4 Å². The van der Waals surface area contributed by atoms with E-state index in [0.717, 1.165) is 5.56 Å². The Bertz CT molecular complexity index is 794. The number of ether oxygens (including phenoxy) is 2. The van der Waals surface area contributed by atoms with Crippen LogP contribution in [0.15, 0.2) is 42.5 Å². The summed E-state index contributed by atoms with van der Waals surface area (Å²) in [6.07, 6.45) is 0. The number of benzene rings is 2. The number of nitrogens with zero attached hydrogens (tertiary/aromatic N) is 1. The van der Waals surface area contributed by atoms with E-state index >= 15 is 0 Å². The van der Waals surface area contributed by atoms with E-state index in [9.17, 15) is 14.9 Å². The molecule has 0 spiro atoms. The number of rotatable bonds is 8. The maximum atomic E-state index is 12.3. The van der Waals surface area contributed by atoms with Crippen LogP contribution >= 0.6 is 0 Å². The van der Waals surface area contributed by atoms with Gasteiger partial charge in [-0.3, -0.25) is 14.9 Å². The molecule has 0 aromatic heterocycles. The van der Waals surface area contributed by atoms with E-state index in [-0.39, 0.29) is 11.6 Å². The van der Waals surface area contributed by atoms with Crippen LogP contribution in [0.4, 0.5) is 11.4 Å². The van der Waals surface area contributed by atoms with Crippen LogP contribution in [0.2, 0.25) is 0 Å². The molecule has 0 fully saturated rings. The van der Waals surface area contributed by atoms with Gasteiger partial charge in [0.25, 0.3) is 5.69 Å². The van der Waals surface area contributed by atoms with Gasteiger partial charge in [-0.1, -0.05) is 12.1 Å². The number of nitrogens with one attached hydrogen (secondary N) is 2. The molecule has 0 heterocycles. The summed E-state index contributed by atoms with van der Waals surface area (Å²) >= 11 is 0. The van der Waals surface area contributed by atoms with Crippen molar-refractivity contribution in [1.29, 1.82) is 0 Å². The Morgan fingerprint density at radius 2 is 1.88 bits per heavy atom. The van der Waals surface area contributed by atoms with Crippen molar-refractivity contribution < 1.29 is 19.2 Å². The van der Waals surface area contributed by atoms with Crippen molar-refractivity contribution in [3.05, 3.63) is 58.1 Å². The topological polar surface area (TPSA) is 103 Å². The van der Waals surface area contributed by atoms with Gasteiger partial charge in [-0.15, -0.1) is 0 Å². The van der Waals surface area contributed by atoms with Gasteiger partial charge in [0.2, 0.25) is 5.91 Å². The van der Waals surface area contributed by atoms with Crippen molar-refractivity contribution in [2.75, 3.05) is 19.5 Å². The molecule has 1 amide bonds. The zero-order valence-corrected chi connectivity index (χ0v) is 14.8. The van der Waals surface area contributed by atoms with E-state index in [2.05, 4.69) is 10.6 Å². The van der Waals surface area contributed by atoms with Crippen LogP contribution in [0.1, 0.15) is 12.5 Å². The lowest BCUT2D eigenvalue weighted by atomic mass is 10.2. The molecule has 0 aliphatic heterocycles. The van der Waals surface area contributed by atoms with Gasteiger partial charge in [-0.05, 0) is 30.7 Å². The molecule has 8 nitrogen and oxygen atoms in total. The van der Waals surface area contributed by atoms with Gasteiger partial charge in [0.1, 0.15) is 6.04 Å². The summed E-state index contributed by atoms with van der Waals surface area (Å²) in [5, 5.41) is 16.6. The van der Waals surface area contributed by atoms with Gasteiger partial charge in [0.15, 0.2) is 11.5 Å². The van der Waals surface area contributed by atoms with E-state index in [0.29, 0.717) is 23.7 Å². The Labute approximate surface area is 151 Å². The number of amides is 1. The summed E-state index contributed by atoms with van der Waals surface area (Å²) in [5.74, 6) is 0.969. The standard InChI is InChI=1S/C18H21N3O5/c1-12(20-14-5-4-6-15(10-14)21(23)24)18(22)19-11-13-7-8-16(25-2)17(9-13)26-3/h4-10,12,20H,11H2,1-3H3,(H,19,22)/t12-/m0/s1. The fourth-order valence-corrected chi connectivity index (χ4v) is 2.36. The lowest BCUT2D eigenvalue weighted by Crippen LogP contribution is -2.37. The molecule has 2 aromatic carbocycles. The largest absolute Gasteiger partial charge is 0.493 e. The monoisotopic (exact) mass is 359 g/mol. The number of methoxy groups -OCH3 is 2. The Kier molecular flexibility index (Phi) is 6.37. The lowest BCUT2D eigenvalue weighted by Gasteiger charge is -2.16. The Morgan fingerprint density at radius 1 is 1.15 bits per heavy atom. The number of nitro benzene ring substituents is 1. The summed E-state index contributed by atoms with van der Waals surface area (Å²) in [5.41, 5.74) is 1.33. The molecule has 138 valence electrons. The Balaban J connectivity index is 1.95. The molecule has 0 aliphatic rings. The smallest absolute Gasteiger partial charge is 0.271 e. The van der Waals surface area contributed by atoms with Gasteiger partial charge in [-0.2, -0.15) is 0 Å². The molecule has 2 rings (SSSR count). The maximum Gasteiger partial charge on any atom is 0.271 e. The molecular weight excluding hydrogens is 338 g/mol. The first-order chi connectivity index (χ1) is 12.4. The first-order valence-corrected chi connectivity index (χ1v) is 7.94. The number of carbonyl (C=O) groups excluding carboxylic acids is 1. The van der Waals surface area contributed by atoms with Gasteiger partial charge in [0.05, 0.1) is 19.1 Å². The minimum atomic E-state index is -0.558. The second-order valence-corrected chi connectivity index (χ2v) is 5.58. The molecular formula is C18H21N3O5. The molecule has 0 saturated carbocycles. The van der Waals surface area contributed by atoms with Gasteiger partial charge >= 0.3 is 0 Å². The lowest BCUT2D eigenvalue weighted by molar-refractivity contribution is -0.384. The summed E-state index contributed by atoms with van der Waals surface area (Å²) in [6.45, 7) is 2.00.